The van der Waals surface area contributed by atoms with E-state index >= 15 is 0 Å². The molecule has 0 spiro atoms. The van der Waals surface area contributed by atoms with Crippen LogP contribution in [0.2, 0.25) is 0 Å². The molecule has 1 atom stereocenters. The number of carbonyl (C=O) groups excluding carboxylic acids is 1. The van der Waals surface area contributed by atoms with E-state index in [-0.39, 0.29) is 11.8 Å². The maximum Gasteiger partial charge on any atom is 0.146 e. The zero-order valence-corrected chi connectivity index (χ0v) is 21.6. The van der Waals surface area contributed by atoms with Crippen LogP contribution >= 0.6 is 11.3 Å². The van der Waals surface area contributed by atoms with Crippen molar-refractivity contribution in [1.29, 1.82) is 0 Å². The topological polar surface area (TPSA) is 45.7 Å². The fourth-order valence-electron chi connectivity index (χ4n) is 4.61. The second-order valence-corrected chi connectivity index (χ2v) is 9.92. The summed E-state index contributed by atoms with van der Waals surface area (Å²) in [7, 11) is 0. The van der Waals surface area contributed by atoms with Gasteiger partial charge in [0, 0.05) is 37.1 Å². The summed E-state index contributed by atoms with van der Waals surface area (Å²) in [6.07, 6.45) is 8.60. The van der Waals surface area contributed by atoms with Gasteiger partial charge in [-0.05, 0) is 57.2 Å². The van der Waals surface area contributed by atoms with Gasteiger partial charge in [-0.1, -0.05) is 31.2 Å². The van der Waals surface area contributed by atoms with Crippen LogP contribution in [-0.4, -0.2) is 46.2 Å². The highest BCUT2D eigenvalue weighted by Gasteiger charge is 2.27. The van der Waals surface area contributed by atoms with Gasteiger partial charge in [-0.3, -0.25) is 14.6 Å². The Balaban J connectivity index is 1.64. The fourth-order valence-corrected chi connectivity index (χ4v) is 5.30. The van der Waals surface area contributed by atoms with Crippen molar-refractivity contribution >= 4 is 17.1 Å². The third-order valence-electron chi connectivity index (χ3n) is 6.34. The fraction of sp³-hybridized carbons (Fsp3) is 0.500. The van der Waals surface area contributed by atoms with Gasteiger partial charge in [-0.15, -0.1) is 24.5 Å². The molecule has 3 rings (SSSR count). The number of ketones is 1. The molecule has 5 nitrogen and oxygen atoms in total. The van der Waals surface area contributed by atoms with E-state index in [9.17, 15) is 4.79 Å². The Morgan fingerprint density at radius 2 is 2.12 bits per heavy atom. The number of benzene rings is 1. The molecule has 1 aromatic carbocycles. The van der Waals surface area contributed by atoms with Crippen LogP contribution in [0.5, 0.6) is 5.75 Å². The van der Waals surface area contributed by atoms with Crippen LogP contribution in [0.3, 0.4) is 0 Å². The number of hydrogen-bond donors (Lipinski definition) is 0. The maximum absolute atomic E-state index is 12.3. The van der Waals surface area contributed by atoms with Gasteiger partial charge in [0.25, 0.3) is 0 Å². The van der Waals surface area contributed by atoms with Gasteiger partial charge in [0.2, 0.25) is 0 Å². The normalized spacial score (nSPS) is 14.6. The predicted molar refractivity (Wildman–Crippen MR) is 141 cm³/mol. The van der Waals surface area contributed by atoms with Gasteiger partial charge < -0.3 is 4.74 Å². The van der Waals surface area contributed by atoms with Crippen molar-refractivity contribution in [3.05, 3.63) is 70.7 Å². The van der Waals surface area contributed by atoms with Crippen molar-refractivity contribution in [2.24, 2.45) is 0 Å². The van der Waals surface area contributed by atoms with Gasteiger partial charge in [0.05, 0.1) is 11.7 Å². The molecule has 0 aliphatic carbocycles. The first-order valence-electron chi connectivity index (χ1n) is 12.4. The van der Waals surface area contributed by atoms with E-state index in [1.54, 1.807) is 18.3 Å². The van der Waals surface area contributed by atoms with E-state index in [0.29, 0.717) is 6.61 Å². The lowest BCUT2D eigenvalue weighted by Gasteiger charge is -2.35. The van der Waals surface area contributed by atoms with Crippen LogP contribution in [-0.2, 0) is 30.9 Å². The molecule has 0 N–H and O–H groups in total. The molecule has 1 unspecified atom stereocenters. The monoisotopic (exact) mass is 481 g/mol. The third-order valence-corrected chi connectivity index (χ3v) is 7.21. The molecule has 0 saturated carbocycles. The van der Waals surface area contributed by atoms with Gasteiger partial charge in [0.1, 0.15) is 23.1 Å². The van der Waals surface area contributed by atoms with E-state index in [1.807, 2.05) is 18.2 Å². The number of ether oxygens (including phenoxy) is 1. The number of Topliss-reactive ketones (excluding diaryl/α,β-unsaturated/α-hetero) is 1. The van der Waals surface area contributed by atoms with Crippen molar-refractivity contribution in [3.63, 3.8) is 0 Å². The summed E-state index contributed by atoms with van der Waals surface area (Å²) >= 11 is 1.66. The van der Waals surface area contributed by atoms with Crippen LogP contribution < -0.4 is 4.74 Å². The molecule has 6 heteroatoms. The lowest BCUT2D eigenvalue weighted by Crippen LogP contribution is -2.43. The highest BCUT2D eigenvalue weighted by atomic mass is 32.1. The molecule has 2 heterocycles. The van der Waals surface area contributed by atoms with Crippen molar-refractivity contribution in [2.45, 2.75) is 71.7 Å². The van der Waals surface area contributed by atoms with Gasteiger partial charge in [0.15, 0.2) is 0 Å². The molecular formula is C28H39N3O2S. The molecule has 34 heavy (non-hydrogen) atoms. The Hall–Kier alpha value is -2.28. The zero-order valence-electron chi connectivity index (χ0n) is 20.8. The molecule has 0 fully saturated rings. The molecular weight excluding hydrogens is 442 g/mol. The molecule has 0 radical (unpaired) electrons. The smallest absolute Gasteiger partial charge is 0.146 e. The van der Waals surface area contributed by atoms with E-state index in [0.717, 1.165) is 81.3 Å². The van der Waals surface area contributed by atoms with Gasteiger partial charge in [-0.2, -0.15) is 0 Å². The molecule has 1 aromatic heterocycles. The van der Waals surface area contributed by atoms with Crippen LogP contribution in [0.25, 0.3) is 0 Å². The summed E-state index contributed by atoms with van der Waals surface area (Å²) in [5, 5.41) is 3.14. The number of rotatable bonds is 15. The van der Waals surface area contributed by atoms with Gasteiger partial charge >= 0.3 is 0 Å². The van der Waals surface area contributed by atoms with E-state index < -0.39 is 0 Å². The summed E-state index contributed by atoms with van der Waals surface area (Å²) in [6, 6.07) is 6.23. The molecule has 0 bridgehead atoms. The minimum atomic E-state index is -0.0621. The largest absolute Gasteiger partial charge is 0.486 e. The van der Waals surface area contributed by atoms with Crippen molar-refractivity contribution in [2.75, 3.05) is 19.6 Å². The molecule has 0 amide bonds. The Labute approximate surface area is 209 Å². The molecule has 0 saturated heterocycles. The molecule has 2 aromatic rings. The summed E-state index contributed by atoms with van der Waals surface area (Å²) < 4.78 is 6.28. The van der Waals surface area contributed by atoms with Crippen LogP contribution in [0, 0.1) is 0 Å². The minimum absolute atomic E-state index is 0.0621. The lowest BCUT2D eigenvalue weighted by atomic mass is 9.95. The van der Waals surface area contributed by atoms with E-state index in [4.69, 9.17) is 9.72 Å². The highest BCUT2D eigenvalue weighted by molar-refractivity contribution is 7.09. The summed E-state index contributed by atoms with van der Waals surface area (Å²) in [6.45, 7) is 16.6. The molecule has 1 aliphatic heterocycles. The standard InChI is InChI=1S/C28H39N3O2S/c1-5-8-12-26(22(4)32)31-17-14-23-11-10-13-27(25(23)19-31)33-20-28-29-24(21-34-28)18-30(15-7-3)16-9-6-2/h5-6,10-11,13,21,26H,1-2,7-9,12,14-20H2,3-4H3. The van der Waals surface area contributed by atoms with Crippen LogP contribution in [0.15, 0.2) is 48.9 Å². The summed E-state index contributed by atoms with van der Waals surface area (Å²) in [5.74, 6) is 1.13. The first-order chi connectivity index (χ1) is 16.5. The second-order valence-electron chi connectivity index (χ2n) is 8.98. The number of allylic oxidation sites excluding steroid dienone is 1. The molecule has 184 valence electrons. The Morgan fingerprint density at radius 3 is 2.85 bits per heavy atom. The lowest BCUT2D eigenvalue weighted by molar-refractivity contribution is -0.122. The maximum atomic E-state index is 12.3. The summed E-state index contributed by atoms with van der Waals surface area (Å²) in [4.78, 5) is 21.9. The Bertz CT molecular complexity index is 955. The predicted octanol–water partition coefficient (Wildman–Crippen LogP) is 5.79. The Morgan fingerprint density at radius 1 is 1.29 bits per heavy atom. The van der Waals surface area contributed by atoms with Crippen molar-refractivity contribution in [1.82, 2.24) is 14.8 Å². The van der Waals surface area contributed by atoms with Crippen molar-refractivity contribution in [3.8, 4) is 5.75 Å². The average Bonchev–Trinajstić information content (AvgIpc) is 3.28. The van der Waals surface area contributed by atoms with Gasteiger partial charge in [-0.25, -0.2) is 4.98 Å². The third kappa shape index (κ3) is 7.36. The van der Waals surface area contributed by atoms with Crippen LogP contribution in [0.4, 0.5) is 0 Å². The highest BCUT2D eigenvalue weighted by Crippen LogP contribution is 2.31. The number of thiazole rings is 1. The quantitative estimate of drug-likeness (QED) is 0.301. The van der Waals surface area contributed by atoms with E-state index in [1.165, 1.54) is 11.1 Å². The second kappa shape index (κ2) is 13.6. The number of carbonyl (C=O) groups is 1. The number of aromatic nitrogens is 1. The Kier molecular flexibility index (Phi) is 10.5. The number of fused-ring (bicyclic) bond motifs is 1. The first-order valence-corrected chi connectivity index (χ1v) is 13.3. The summed E-state index contributed by atoms with van der Waals surface area (Å²) in [5.41, 5.74) is 3.62. The number of hydrogen-bond acceptors (Lipinski definition) is 6. The van der Waals surface area contributed by atoms with Crippen LogP contribution in [0.1, 0.15) is 61.4 Å². The minimum Gasteiger partial charge on any atom is -0.486 e. The van der Waals surface area contributed by atoms with Crippen molar-refractivity contribution < 1.29 is 9.53 Å². The SMILES string of the molecule is C=CCCC(C(C)=O)N1CCc2cccc(OCc3nc(CN(CCC)CCC=C)cs3)c2C1. The molecule has 1 aliphatic rings. The first kappa shape index (κ1) is 26.3. The number of nitrogens with zero attached hydrogens (tertiary/aromatic N) is 3. The zero-order chi connectivity index (χ0) is 24.3. The van der Waals surface area contributed by atoms with E-state index in [2.05, 4.69) is 47.4 Å². The average molecular weight is 482 g/mol.